The van der Waals surface area contributed by atoms with E-state index in [-0.39, 0.29) is 10.6 Å². The van der Waals surface area contributed by atoms with Gasteiger partial charge in [-0.05, 0) is 26.0 Å². The highest BCUT2D eigenvalue weighted by molar-refractivity contribution is 7.99. The third-order valence-electron chi connectivity index (χ3n) is 2.38. The molecule has 0 spiro atoms. The molecule has 82 valence electrons. The van der Waals surface area contributed by atoms with Crippen molar-refractivity contribution < 1.29 is 14.1 Å². The van der Waals surface area contributed by atoms with E-state index < -0.39 is 5.97 Å². The van der Waals surface area contributed by atoms with E-state index in [1.54, 1.807) is 18.7 Å². The first-order valence-electron chi connectivity index (χ1n) is 4.78. The van der Waals surface area contributed by atoms with Gasteiger partial charge in [-0.25, -0.2) is 4.79 Å². The second-order valence-corrected chi connectivity index (χ2v) is 4.53. The Kier molecular flexibility index (Phi) is 2.68. The average Bonchev–Trinajstić information content (AvgIpc) is 2.88. The Morgan fingerprint density at radius 2 is 2.40 bits per heavy atom. The molecule has 0 bridgehead atoms. The van der Waals surface area contributed by atoms with Gasteiger partial charge in [-0.3, -0.25) is 0 Å². The summed E-state index contributed by atoms with van der Waals surface area (Å²) in [7, 11) is 0. The minimum Gasteiger partial charge on any atom is -0.459 e. The van der Waals surface area contributed by atoms with Crippen molar-refractivity contribution in [1.29, 1.82) is 0 Å². The van der Waals surface area contributed by atoms with Crippen LogP contribution in [-0.2, 0) is 9.48 Å². The number of carbonyl (C=O) groups excluding carboxylic acids is 1. The Morgan fingerprint density at radius 3 is 2.93 bits per heavy atom. The quantitative estimate of drug-likeness (QED) is 0.729. The molecule has 0 unspecified atom stereocenters. The molecule has 0 atom stereocenters. The molecule has 0 aromatic carbocycles. The van der Waals surface area contributed by atoms with Crippen LogP contribution >= 0.6 is 11.8 Å². The highest BCUT2D eigenvalue weighted by Gasteiger charge is 2.48. The number of aromatic nitrogens is 2. The zero-order valence-electron chi connectivity index (χ0n) is 8.65. The normalized spacial score (nSPS) is 17.5. The molecule has 0 aliphatic heterocycles. The Bertz CT molecular complexity index is 373. The van der Waals surface area contributed by atoms with Crippen LogP contribution in [0.5, 0.6) is 0 Å². The van der Waals surface area contributed by atoms with Crippen LogP contribution in [0.25, 0.3) is 0 Å². The second-order valence-electron chi connectivity index (χ2n) is 3.34. The first-order valence-corrected chi connectivity index (χ1v) is 6.01. The molecule has 0 radical (unpaired) electrons. The Hall–Kier alpha value is -1.04. The number of carbonyl (C=O) groups is 1. The van der Waals surface area contributed by atoms with E-state index >= 15 is 0 Å². The second kappa shape index (κ2) is 3.84. The summed E-state index contributed by atoms with van der Waals surface area (Å²) >= 11 is 1.69. The fourth-order valence-corrected chi connectivity index (χ4v) is 2.09. The van der Waals surface area contributed by atoms with E-state index in [1.807, 2.05) is 6.26 Å². The van der Waals surface area contributed by atoms with Crippen molar-refractivity contribution in [3.05, 3.63) is 11.7 Å². The van der Waals surface area contributed by atoms with Crippen molar-refractivity contribution >= 4 is 17.7 Å². The molecular weight excluding hydrogens is 216 g/mol. The molecule has 0 N–H and O–H groups in total. The summed E-state index contributed by atoms with van der Waals surface area (Å²) in [4.78, 5) is 15.3. The van der Waals surface area contributed by atoms with Gasteiger partial charge in [0.05, 0.1) is 11.4 Å². The third kappa shape index (κ3) is 1.86. The molecule has 15 heavy (non-hydrogen) atoms. The summed E-state index contributed by atoms with van der Waals surface area (Å²) in [5.41, 5.74) is 0. The maximum atomic E-state index is 11.3. The average molecular weight is 228 g/mol. The van der Waals surface area contributed by atoms with Gasteiger partial charge in [0.15, 0.2) is 5.82 Å². The van der Waals surface area contributed by atoms with Crippen molar-refractivity contribution in [3.8, 4) is 0 Å². The molecule has 1 saturated carbocycles. The van der Waals surface area contributed by atoms with Crippen LogP contribution < -0.4 is 0 Å². The number of hydrogen-bond donors (Lipinski definition) is 0. The number of esters is 1. The van der Waals surface area contributed by atoms with E-state index in [2.05, 4.69) is 10.1 Å². The van der Waals surface area contributed by atoms with E-state index in [4.69, 9.17) is 9.26 Å². The minimum absolute atomic E-state index is 0.0196. The fraction of sp³-hybridized carbons (Fsp3) is 0.667. The molecular formula is C9H12N2O3S. The van der Waals surface area contributed by atoms with Gasteiger partial charge in [0, 0.05) is 0 Å². The van der Waals surface area contributed by atoms with E-state index in [9.17, 15) is 4.79 Å². The van der Waals surface area contributed by atoms with Gasteiger partial charge in [-0.15, -0.1) is 0 Å². The van der Waals surface area contributed by atoms with Gasteiger partial charge in [0.2, 0.25) is 0 Å². The molecule has 1 fully saturated rings. The van der Waals surface area contributed by atoms with E-state index in [1.165, 1.54) is 0 Å². The number of nitrogens with zero attached hydrogens (tertiary/aromatic N) is 2. The summed E-state index contributed by atoms with van der Waals surface area (Å²) in [5, 5.41) is 3.82. The predicted molar refractivity (Wildman–Crippen MR) is 54.7 cm³/mol. The van der Waals surface area contributed by atoms with E-state index in [0.717, 1.165) is 12.8 Å². The van der Waals surface area contributed by atoms with Crippen LogP contribution in [0.4, 0.5) is 0 Å². The van der Waals surface area contributed by atoms with Crippen molar-refractivity contribution in [1.82, 2.24) is 10.1 Å². The summed E-state index contributed by atoms with van der Waals surface area (Å²) in [6.07, 6.45) is 4.08. The SMILES string of the molecule is CCOC(=O)c1nc(C2(SC)CC2)no1. The highest BCUT2D eigenvalue weighted by atomic mass is 32.2. The molecule has 6 heteroatoms. The Labute approximate surface area is 91.6 Å². The van der Waals surface area contributed by atoms with Crippen molar-refractivity contribution in [2.45, 2.75) is 24.5 Å². The van der Waals surface area contributed by atoms with Gasteiger partial charge in [0.25, 0.3) is 0 Å². The molecule has 1 aliphatic carbocycles. The molecule has 1 aromatic rings. The fourth-order valence-electron chi connectivity index (χ4n) is 1.32. The lowest BCUT2D eigenvalue weighted by Crippen LogP contribution is -2.07. The van der Waals surface area contributed by atoms with Crippen LogP contribution in [0.1, 0.15) is 36.3 Å². The van der Waals surface area contributed by atoms with Crippen LogP contribution in [-0.4, -0.2) is 29.0 Å². The summed E-state index contributed by atoms with van der Waals surface area (Å²) in [6, 6.07) is 0. The van der Waals surface area contributed by atoms with Crippen LogP contribution in [0, 0.1) is 0 Å². The molecule has 5 nitrogen and oxygen atoms in total. The van der Waals surface area contributed by atoms with Gasteiger partial charge in [0.1, 0.15) is 0 Å². The first kappa shape index (κ1) is 10.5. The van der Waals surface area contributed by atoms with Crippen molar-refractivity contribution in [3.63, 3.8) is 0 Å². The Morgan fingerprint density at radius 1 is 1.67 bits per heavy atom. The molecule has 1 aliphatic rings. The molecule has 1 heterocycles. The van der Waals surface area contributed by atoms with Crippen molar-refractivity contribution in [2.75, 3.05) is 12.9 Å². The highest BCUT2D eigenvalue weighted by Crippen LogP contribution is 2.54. The Balaban J connectivity index is 2.14. The number of hydrogen-bond acceptors (Lipinski definition) is 6. The lowest BCUT2D eigenvalue weighted by atomic mass is 10.4. The zero-order valence-corrected chi connectivity index (χ0v) is 9.47. The van der Waals surface area contributed by atoms with Gasteiger partial charge >= 0.3 is 11.9 Å². The largest absolute Gasteiger partial charge is 0.459 e. The molecule has 2 rings (SSSR count). The minimum atomic E-state index is -0.548. The smallest absolute Gasteiger partial charge is 0.397 e. The van der Waals surface area contributed by atoms with Crippen LogP contribution in [0.2, 0.25) is 0 Å². The molecule has 0 saturated heterocycles. The van der Waals surface area contributed by atoms with Crippen LogP contribution in [0.3, 0.4) is 0 Å². The number of rotatable bonds is 4. The van der Waals surface area contributed by atoms with Gasteiger partial charge in [-0.2, -0.15) is 16.7 Å². The van der Waals surface area contributed by atoms with E-state index in [0.29, 0.717) is 12.4 Å². The molecule has 0 amide bonds. The predicted octanol–water partition coefficient (Wildman–Crippen LogP) is 1.60. The summed E-state index contributed by atoms with van der Waals surface area (Å²) in [5.74, 6) is 0.0124. The number of thioether (sulfide) groups is 1. The maximum absolute atomic E-state index is 11.3. The zero-order chi connectivity index (χ0) is 10.9. The summed E-state index contributed by atoms with van der Waals surface area (Å²) < 4.78 is 9.60. The maximum Gasteiger partial charge on any atom is 0.397 e. The molecule has 1 aromatic heterocycles. The number of ether oxygens (including phenoxy) is 1. The summed E-state index contributed by atoms with van der Waals surface area (Å²) in [6.45, 7) is 2.05. The first-order chi connectivity index (χ1) is 7.22. The monoisotopic (exact) mass is 228 g/mol. The van der Waals surface area contributed by atoms with Gasteiger partial charge in [-0.1, -0.05) is 5.16 Å². The lowest BCUT2D eigenvalue weighted by molar-refractivity contribution is 0.0470. The standard InChI is InChI=1S/C9H12N2O3S/c1-3-13-7(12)6-10-8(11-14-6)9(15-2)4-5-9/h3-5H2,1-2H3. The third-order valence-corrected chi connectivity index (χ3v) is 3.75. The lowest BCUT2D eigenvalue weighted by Gasteiger charge is -2.03. The van der Waals surface area contributed by atoms with Gasteiger partial charge < -0.3 is 9.26 Å². The van der Waals surface area contributed by atoms with Crippen LogP contribution in [0.15, 0.2) is 4.52 Å². The van der Waals surface area contributed by atoms with Crippen molar-refractivity contribution in [2.24, 2.45) is 0 Å². The topological polar surface area (TPSA) is 65.2 Å².